The van der Waals surface area contributed by atoms with E-state index in [1.165, 1.54) is 0 Å². The molecular weight excluding hydrogens is 176 g/mol. The highest BCUT2D eigenvalue weighted by atomic mass is 16.1. The van der Waals surface area contributed by atoms with Gasteiger partial charge in [-0.05, 0) is 19.0 Å². The van der Waals surface area contributed by atoms with Gasteiger partial charge in [-0.1, -0.05) is 13.0 Å². The molecule has 2 atom stereocenters. The monoisotopic (exact) mass is 192 g/mol. The zero-order valence-electron chi connectivity index (χ0n) is 8.68. The second kappa shape index (κ2) is 3.58. The van der Waals surface area contributed by atoms with Crippen LogP contribution in [-0.2, 0) is 0 Å². The summed E-state index contributed by atoms with van der Waals surface area (Å²) >= 11 is 0. The van der Waals surface area contributed by atoms with Gasteiger partial charge in [0.1, 0.15) is 0 Å². The molecule has 76 valence electrons. The molecule has 0 spiro atoms. The summed E-state index contributed by atoms with van der Waals surface area (Å²) in [6, 6.07) is 5.69. The largest absolute Gasteiger partial charge is 0.311 e. The molecule has 0 bridgehead atoms. The van der Waals surface area contributed by atoms with Gasteiger partial charge in [0.2, 0.25) is 0 Å². The summed E-state index contributed by atoms with van der Waals surface area (Å²) in [6.07, 6.45) is 1.89. The zero-order valence-corrected chi connectivity index (χ0v) is 8.68. The van der Waals surface area contributed by atoms with E-state index in [0.717, 1.165) is 13.1 Å². The lowest BCUT2D eigenvalue weighted by Gasteiger charge is -2.17. The van der Waals surface area contributed by atoms with Gasteiger partial charge < -0.3 is 9.47 Å². The number of hydrogen-bond acceptors (Lipinski definition) is 2. The molecule has 0 saturated carbocycles. The Morgan fingerprint density at radius 2 is 2.14 bits per heavy atom. The van der Waals surface area contributed by atoms with E-state index in [4.69, 9.17) is 0 Å². The highest BCUT2D eigenvalue weighted by Gasteiger charge is 2.28. The summed E-state index contributed by atoms with van der Waals surface area (Å²) in [7, 11) is 2.10. The molecule has 0 aliphatic carbocycles. The third-order valence-electron chi connectivity index (χ3n) is 2.96. The van der Waals surface area contributed by atoms with Crippen LogP contribution >= 0.6 is 0 Å². The molecule has 2 rings (SSSR count). The van der Waals surface area contributed by atoms with E-state index in [-0.39, 0.29) is 5.56 Å². The van der Waals surface area contributed by atoms with Gasteiger partial charge in [-0.3, -0.25) is 4.79 Å². The Bertz CT molecular complexity index is 372. The van der Waals surface area contributed by atoms with Gasteiger partial charge in [0, 0.05) is 25.4 Å². The van der Waals surface area contributed by atoms with Crippen LogP contribution in [0.25, 0.3) is 0 Å². The topological polar surface area (TPSA) is 25.2 Å². The number of likely N-dealkylation sites (tertiary alicyclic amines) is 1. The lowest BCUT2D eigenvalue weighted by Crippen LogP contribution is -2.27. The van der Waals surface area contributed by atoms with Crippen LogP contribution < -0.4 is 5.56 Å². The Balaban J connectivity index is 2.32. The molecule has 1 saturated heterocycles. The van der Waals surface area contributed by atoms with Crippen molar-refractivity contribution in [2.75, 3.05) is 20.1 Å². The van der Waals surface area contributed by atoms with Crippen molar-refractivity contribution in [2.24, 2.45) is 5.92 Å². The van der Waals surface area contributed by atoms with Gasteiger partial charge in [-0.15, -0.1) is 0 Å². The zero-order chi connectivity index (χ0) is 10.1. The molecular formula is C11H16N2O. The molecule has 3 nitrogen and oxygen atoms in total. The van der Waals surface area contributed by atoms with E-state index in [1.54, 1.807) is 12.1 Å². The minimum absolute atomic E-state index is 0.111. The summed E-state index contributed by atoms with van der Waals surface area (Å²) in [5, 5.41) is 0. The quantitative estimate of drug-likeness (QED) is 0.662. The molecule has 2 heterocycles. The molecule has 1 aliphatic rings. The Kier molecular flexibility index (Phi) is 2.42. The normalized spacial score (nSPS) is 28.1. The first-order valence-corrected chi connectivity index (χ1v) is 5.04. The summed E-state index contributed by atoms with van der Waals surface area (Å²) in [6.45, 7) is 4.25. The fourth-order valence-electron chi connectivity index (χ4n) is 2.26. The molecule has 1 aliphatic heterocycles. The van der Waals surface area contributed by atoms with Crippen molar-refractivity contribution in [3.05, 3.63) is 34.7 Å². The maximum absolute atomic E-state index is 11.6. The first-order chi connectivity index (χ1) is 6.68. The van der Waals surface area contributed by atoms with Crippen LogP contribution in [-0.4, -0.2) is 29.6 Å². The summed E-state index contributed by atoms with van der Waals surface area (Å²) in [5.41, 5.74) is 0.111. The Morgan fingerprint density at radius 1 is 1.36 bits per heavy atom. The van der Waals surface area contributed by atoms with Gasteiger partial charge in [0.15, 0.2) is 0 Å². The van der Waals surface area contributed by atoms with Crippen LogP contribution in [0.15, 0.2) is 29.2 Å². The average Bonchev–Trinajstić information content (AvgIpc) is 2.46. The molecule has 0 radical (unpaired) electrons. The van der Waals surface area contributed by atoms with Crippen LogP contribution in [0.5, 0.6) is 0 Å². The molecule has 2 unspecified atom stereocenters. The highest BCUT2D eigenvalue weighted by Crippen LogP contribution is 2.24. The van der Waals surface area contributed by atoms with Crippen molar-refractivity contribution in [1.29, 1.82) is 0 Å². The van der Waals surface area contributed by atoms with Crippen LogP contribution in [0.4, 0.5) is 0 Å². The van der Waals surface area contributed by atoms with Crippen LogP contribution in [0, 0.1) is 5.92 Å². The predicted molar refractivity (Wildman–Crippen MR) is 56.4 cm³/mol. The smallest absolute Gasteiger partial charge is 0.250 e. The summed E-state index contributed by atoms with van der Waals surface area (Å²) in [5.74, 6) is 0.556. The molecule has 1 fully saturated rings. The third kappa shape index (κ3) is 1.60. The third-order valence-corrected chi connectivity index (χ3v) is 2.96. The minimum atomic E-state index is 0.111. The van der Waals surface area contributed by atoms with Crippen molar-refractivity contribution < 1.29 is 0 Å². The molecule has 3 heteroatoms. The molecule has 14 heavy (non-hydrogen) atoms. The van der Waals surface area contributed by atoms with Crippen molar-refractivity contribution in [3.63, 3.8) is 0 Å². The van der Waals surface area contributed by atoms with E-state index in [1.807, 2.05) is 16.8 Å². The lowest BCUT2D eigenvalue weighted by atomic mass is 10.1. The number of pyridine rings is 1. The van der Waals surface area contributed by atoms with Crippen LogP contribution in [0.3, 0.4) is 0 Å². The van der Waals surface area contributed by atoms with Crippen LogP contribution in [0.1, 0.15) is 13.0 Å². The second-order valence-corrected chi connectivity index (χ2v) is 4.21. The predicted octanol–water partition coefficient (Wildman–Crippen LogP) is 0.971. The van der Waals surface area contributed by atoms with E-state index in [2.05, 4.69) is 18.9 Å². The van der Waals surface area contributed by atoms with Crippen molar-refractivity contribution >= 4 is 0 Å². The molecule has 0 aromatic carbocycles. The molecule has 0 amide bonds. The molecule has 0 N–H and O–H groups in total. The maximum atomic E-state index is 11.6. The van der Waals surface area contributed by atoms with Gasteiger partial charge in [0.05, 0.1) is 6.04 Å². The van der Waals surface area contributed by atoms with Crippen LogP contribution in [0.2, 0.25) is 0 Å². The van der Waals surface area contributed by atoms with E-state index in [9.17, 15) is 4.79 Å². The Labute approximate surface area is 84.0 Å². The maximum Gasteiger partial charge on any atom is 0.250 e. The van der Waals surface area contributed by atoms with E-state index in [0.29, 0.717) is 12.0 Å². The Hall–Kier alpha value is -1.09. The van der Waals surface area contributed by atoms with Gasteiger partial charge in [-0.2, -0.15) is 0 Å². The molecule has 1 aromatic heterocycles. The minimum Gasteiger partial charge on any atom is -0.311 e. The summed E-state index contributed by atoms with van der Waals surface area (Å²) in [4.78, 5) is 13.9. The first-order valence-electron chi connectivity index (χ1n) is 5.04. The number of hydrogen-bond donors (Lipinski definition) is 0. The van der Waals surface area contributed by atoms with E-state index < -0.39 is 0 Å². The number of rotatable bonds is 1. The second-order valence-electron chi connectivity index (χ2n) is 4.21. The van der Waals surface area contributed by atoms with Crippen molar-refractivity contribution in [3.8, 4) is 0 Å². The fourth-order valence-corrected chi connectivity index (χ4v) is 2.26. The number of aromatic nitrogens is 1. The highest BCUT2D eigenvalue weighted by molar-refractivity contribution is 4.98. The van der Waals surface area contributed by atoms with Gasteiger partial charge in [-0.25, -0.2) is 0 Å². The van der Waals surface area contributed by atoms with Gasteiger partial charge >= 0.3 is 0 Å². The average molecular weight is 192 g/mol. The molecule has 1 aromatic rings. The summed E-state index contributed by atoms with van der Waals surface area (Å²) < 4.78 is 1.86. The van der Waals surface area contributed by atoms with Crippen molar-refractivity contribution in [1.82, 2.24) is 9.47 Å². The lowest BCUT2D eigenvalue weighted by molar-refractivity contribution is 0.390. The number of likely N-dealkylation sites (N-methyl/N-ethyl adjacent to an activating group) is 1. The van der Waals surface area contributed by atoms with Crippen molar-refractivity contribution in [2.45, 2.75) is 13.0 Å². The van der Waals surface area contributed by atoms with Gasteiger partial charge in [0.25, 0.3) is 5.56 Å². The van der Waals surface area contributed by atoms with E-state index >= 15 is 0 Å². The first kappa shape index (κ1) is 9.46. The fraction of sp³-hybridized carbons (Fsp3) is 0.545. The SMILES string of the molecule is CC1CN(C)CC1n1ccccc1=O. The number of nitrogens with zero attached hydrogens (tertiary/aromatic N) is 2. The Morgan fingerprint density at radius 3 is 2.71 bits per heavy atom. The standard InChI is InChI=1S/C11H16N2O/c1-9-7-12(2)8-10(9)13-6-4-3-5-11(13)14/h3-6,9-10H,7-8H2,1-2H3.